The fraction of sp³-hybridized carbons (Fsp3) is 0.222. The summed E-state index contributed by atoms with van der Waals surface area (Å²) < 4.78 is 92.9. The molecule has 0 bridgehead atoms. The van der Waals surface area contributed by atoms with Gasteiger partial charge in [0, 0.05) is 12.6 Å². The first-order chi connectivity index (χ1) is 19.0. The molecule has 14 heteroatoms. The van der Waals surface area contributed by atoms with Crippen LogP contribution in [-0.2, 0) is 11.3 Å². The van der Waals surface area contributed by atoms with Crippen molar-refractivity contribution >= 4 is 23.0 Å². The molecule has 0 aliphatic carbocycles. The van der Waals surface area contributed by atoms with Gasteiger partial charge in [0.15, 0.2) is 23.3 Å². The van der Waals surface area contributed by atoms with Crippen molar-refractivity contribution in [2.45, 2.75) is 39.5 Å². The number of carbonyl (C=O) groups is 2. The minimum absolute atomic E-state index is 0.0147. The number of carboxylic acid groups (broad SMARTS) is 2. The summed E-state index contributed by atoms with van der Waals surface area (Å²) in [6.45, 7) is 5.59. The van der Waals surface area contributed by atoms with Crippen molar-refractivity contribution in [2.75, 3.05) is 0 Å². The quantitative estimate of drug-likeness (QED) is 0.150. The molecule has 41 heavy (non-hydrogen) atoms. The van der Waals surface area contributed by atoms with E-state index in [1.165, 1.54) is 18.2 Å². The molecule has 1 heterocycles. The Morgan fingerprint density at radius 3 is 2.00 bits per heavy atom. The van der Waals surface area contributed by atoms with Crippen molar-refractivity contribution in [2.24, 2.45) is 0 Å². The van der Waals surface area contributed by atoms with Crippen LogP contribution in [0.25, 0.3) is 33.3 Å². The maximum absolute atomic E-state index is 15.3. The van der Waals surface area contributed by atoms with Crippen LogP contribution in [0, 0.1) is 30.2 Å². The van der Waals surface area contributed by atoms with Crippen LogP contribution in [0.2, 0.25) is 0 Å². The predicted octanol–water partition coefficient (Wildman–Crippen LogP) is 6.59. The topological polar surface area (TPSA) is 115 Å². The lowest BCUT2D eigenvalue weighted by Gasteiger charge is -2.16. The number of benzene rings is 3. The number of aromatic amines is 1. The average Bonchev–Trinajstić information content (AvgIpc) is 3.26. The normalized spacial score (nSPS) is 11.5. The zero-order chi connectivity index (χ0) is 30.8. The van der Waals surface area contributed by atoms with Gasteiger partial charge in [0.05, 0.1) is 22.2 Å². The van der Waals surface area contributed by atoms with Gasteiger partial charge in [0.1, 0.15) is 11.3 Å². The molecule has 0 saturated carbocycles. The zero-order valence-electron chi connectivity index (χ0n) is 21.6. The smallest absolute Gasteiger partial charge is 0.478 e. The maximum Gasteiger partial charge on any atom is 0.490 e. The summed E-state index contributed by atoms with van der Waals surface area (Å²) >= 11 is 0. The molecule has 7 nitrogen and oxygen atoms in total. The lowest BCUT2D eigenvalue weighted by Crippen LogP contribution is -2.22. The maximum atomic E-state index is 15.3. The molecular formula is C27H22F7N3O4. The number of rotatable bonds is 6. The van der Waals surface area contributed by atoms with Gasteiger partial charge in [-0.3, -0.25) is 0 Å². The Balaban J connectivity index is 0.000000587. The fourth-order valence-electron chi connectivity index (χ4n) is 3.90. The monoisotopic (exact) mass is 585 g/mol. The Morgan fingerprint density at radius 2 is 1.49 bits per heavy atom. The van der Waals surface area contributed by atoms with Crippen molar-refractivity contribution in [3.8, 4) is 22.3 Å². The van der Waals surface area contributed by atoms with Gasteiger partial charge in [-0.1, -0.05) is 38.1 Å². The van der Waals surface area contributed by atoms with E-state index in [-0.39, 0.29) is 40.3 Å². The molecule has 218 valence electrons. The summed E-state index contributed by atoms with van der Waals surface area (Å²) in [7, 11) is 0. The van der Waals surface area contributed by atoms with E-state index >= 15 is 17.6 Å². The summed E-state index contributed by atoms with van der Waals surface area (Å²) in [5, 5.41) is 19.8. The number of hydrogen-bond acceptors (Lipinski definition) is 4. The van der Waals surface area contributed by atoms with Gasteiger partial charge in [0.2, 0.25) is 0 Å². The second kappa shape index (κ2) is 12.0. The zero-order valence-corrected chi connectivity index (χ0v) is 21.6. The highest BCUT2D eigenvalue weighted by Crippen LogP contribution is 2.39. The Bertz CT molecular complexity index is 1600. The molecule has 4 rings (SSSR count). The van der Waals surface area contributed by atoms with E-state index in [1.54, 1.807) is 19.1 Å². The number of aromatic nitrogens is 2. The minimum Gasteiger partial charge on any atom is -0.478 e. The molecule has 0 fully saturated rings. The summed E-state index contributed by atoms with van der Waals surface area (Å²) in [5.41, 5.74) is -1.79. The molecular weight excluding hydrogens is 563 g/mol. The number of nitrogens with one attached hydrogen (secondary N) is 2. The number of aromatic carboxylic acids is 1. The van der Waals surface area contributed by atoms with Gasteiger partial charge < -0.3 is 20.5 Å². The van der Waals surface area contributed by atoms with E-state index in [0.717, 1.165) is 6.07 Å². The van der Waals surface area contributed by atoms with Crippen molar-refractivity contribution in [1.82, 2.24) is 15.3 Å². The lowest BCUT2D eigenvalue weighted by molar-refractivity contribution is -0.192. The summed E-state index contributed by atoms with van der Waals surface area (Å²) in [4.78, 5) is 27.4. The summed E-state index contributed by atoms with van der Waals surface area (Å²) in [5.74, 6) is -10.2. The fourth-order valence-corrected chi connectivity index (χ4v) is 3.90. The third-order valence-corrected chi connectivity index (χ3v) is 5.72. The predicted molar refractivity (Wildman–Crippen MR) is 134 cm³/mol. The number of alkyl halides is 3. The molecule has 0 amide bonds. The largest absolute Gasteiger partial charge is 0.490 e. The molecule has 1 aromatic heterocycles. The number of imidazole rings is 1. The highest BCUT2D eigenvalue weighted by molar-refractivity contribution is 6.03. The first-order valence-corrected chi connectivity index (χ1v) is 11.8. The highest BCUT2D eigenvalue weighted by atomic mass is 19.4. The van der Waals surface area contributed by atoms with Crippen molar-refractivity contribution < 1.29 is 50.5 Å². The van der Waals surface area contributed by atoms with E-state index in [1.807, 2.05) is 13.8 Å². The molecule has 0 saturated heterocycles. The molecule has 0 radical (unpaired) electrons. The van der Waals surface area contributed by atoms with Crippen LogP contribution in [0.15, 0.2) is 36.4 Å². The number of carboxylic acids is 2. The minimum atomic E-state index is -5.08. The van der Waals surface area contributed by atoms with Crippen molar-refractivity contribution in [1.29, 1.82) is 0 Å². The lowest BCUT2D eigenvalue weighted by atomic mass is 9.93. The third-order valence-electron chi connectivity index (χ3n) is 5.72. The van der Waals surface area contributed by atoms with Crippen LogP contribution in [0.1, 0.15) is 35.6 Å². The summed E-state index contributed by atoms with van der Waals surface area (Å²) in [6, 6.07) is 8.41. The number of halogens is 7. The number of H-pyrrole nitrogens is 1. The van der Waals surface area contributed by atoms with Crippen molar-refractivity contribution in [3.05, 3.63) is 76.6 Å². The Kier molecular flexibility index (Phi) is 9.06. The van der Waals surface area contributed by atoms with E-state index < -0.39 is 52.5 Å². The number of nitrogens with zero attached hydrogens (tertiary/aromatic N) is 1. The highest BCUT2D eigenvalue weighted by Gasteiger charge is 2.38. The van der Waals surface area contributed by atoms with Gasteiger partial charge in [-0.2, -0.15) is 13.2 Å². The third kappa shape index (κ3) is 6.65. The van der Waals surface area contributed by atoms with E-state index in [2.05, 4.69) is 15.3 Å². The van der Waals surface area contributed by atoms with Gasteiger partial charge in [-0.15, -0.1) is 0 Å². The first kappa shape index (κ1) is 31.1. The van der Waals surface area contributed by atoms with Gasteiger partial charge in [-0.25, -0.2) is 32.1 Å². The van der Waals surface area contributed by atoms with Crippen molar-refractivity contribution in [3.63, 3.8) is 0 Å². The van der Waals surface area contributed by atoms with Crippen LogP contribution < -0.4 is 5.32 Å². The van der Waals surface area contributed by atoms with Gasteiger partial charge in [-0.05, 0) is 35.7 Å². The molecule has 3 aromatic carbocycles. The standard InChI is InChI=1S/C25H21F4N3O2.C2HF3O2/c1-11(2)30-10-13-6-4-5-7-15(13)19-22(28)20(26)18(21(27)23(19)29)14-8-16(25(33)34)24-17(9-14)31-12(3)32-24;3-2(4,5)1(6)7/h4-9,11,30H,10H2,1-3H3,(H,31,32)(H,33,34);(H,6,7). The van der Waals surface area contributed by atoms with E-state index in [0.29, 0.717) is 11.4 Å². The second-order valence-corrected chi connectivity index (χ2v) is 9.05. The van der Waals surface area contributed by atoms with Gasteiger partial charge in [0.25, 0.3) is 0 Å². The second-order valence-electron chi connectivity index (χ2n) is 9.05. The first-order valence-electron chi connectivity index (χ1n) is 11.8. The van der Waals surface area contributed by atoms with Crippen LogP contribution in [0.3, 0.4) is 0 Å². The van der Waals surface area contributed by atoms with E-state index in [9.17, 15) is 23.1 Å². The number of aryl methyl sites for hydroxylation is 1. The molecule has 0 unspecified atom stereocenters. The summed E-state index contributed by atoms with van der Waals surface area (Å²) in [6.07, 6.45) is -5.08. The van der Waals surface area contributed by atoms with Crippen LogP contribution in [0.5, 0.6) is 0 Å². The Hall–Kier alpha value is -4.46. The molecule has 0 aliphatic rings. The molecule has 4 aromatic rings. The van der Waals surface area contributed by atoms with E-state index in [4.69, 9.17) is 9.90 Å². The molecule has 0 spiro atoms. The SMILES string of the molecule is Cc1nc2c(C(=O)O)cc(-c3c(F)c(F)c(-c4ccccc4CNC(C)C)c(F)c3F)cc2[nH]1.O=C(O)C(F)(F)F. The van der Waals surface area contributed by atoms with Crippen LogP contribution >= 0.6 is 0 Å². The van der Waals surface area contributed by atoms with Gasteiger partial charge >= 0.3 is 18.1 Å². The number of aliphatic carboxylic acids is 1. The number of hydrogen-bond donors (Lipinski definition) is 4. The van der Waals surface area contributed by atoms with Crippen LogP contribution in [-0.4, -0.2) is 44.3 Å². The average molecular weight is 585 g/mol. The molecule has 4 N–H and O–H groups in total. The van der Waals surface area contributed by atoms with Crippen LogP contribution in [0.4, 0.5) is 30.7 Å². The number of fused-ring (bicyclic) bond motifs is 1. The Morgan fingerprint density at radius 1 is 0.951 bits per heavy atom. The Labute approximate surface area is 227 Å². The molecule has 0 aliphatic heterocycles. The molecule has 0 atom stereocenters.